The minimum absolute atomic E-state index is 0.130. The Labute approximate surface area is 142 Å². The van der Waals surface area contributed by atoms with Crippen LogP contribution in [0.3, 0.4) is 0 Å². The van der Waals surface area contributed by atoms with Gasteiger partial charge in [-0.2, -0.15) is 0 Å². The summed E-state index contributed by atoms with van der Waals surface area (Å²) < 4.78 is 5.08. The molecule has 1 fully saturated rings. The van der Waals surface area contributed by atoms with Crippen molar-refractivity contribution >= 4 is 11.8 Å². The summed E-state index contributed by atoms with van der Waals surface area (Å²) >= 11 is 0. The van der Waals surface area contributed by atoms with Gasteiger partial charge in [0.2, 0.25) is 0 Å². The number of rotatable bonds is 6. The molecule has 0 spiro atoms. The van der Waals surface area contributed by atoms with Gasteiger partial charge in [0.05, 0.1) is 12.2 Å². The monoisotopic (exact) mass is 323 g/mol. The average Bonchev–Trinajstić information content (AvgIpc) is 2.58. The highest BCUT2D eigenvalue weighted by Crippen LogP contribution is 2.21. The van der Waals surface area contributed by atoms with Crippen LogP contribution in [0.2, 0.25) is 0 Å². The molecular weight excluding hydrogens is 302 g/mol. The molecule has 124 valence electrons. The van der Waals surface area contributed by atoms with Crippen molar-refractivity contribution in [2.45, 2.75) is 19.9 Å². The standard InChI is InChI=1S/C20H21NO3/c1-2-24-20(23)18-11-6-5-10-17(18)19(22)16-9-4-3-8-15(16)14-21-12-7-13-21/h3-6,8-11H,2,7,12-14H2,1H3. The highest BCUT2D eigenvalue weighted by molar-refractivity contribution is 6.15. The molecular formula is C20H21NO3. The predicted octanol–water partition coefficient (Wildman–Crippen LogP) is 3.30. The molecule has 4 nitrogen and oxygen atoms in total. The van der Waals surface area contributed by atoms with Crippen molar-refractivity contribution < 1.29 is 14.3 Å². The molecule has 0 aliphatic carbocycles. The molecule has 1 aliphatic rings. The molecule has 0 saturated carbocycles. The number of hydrogen-bond acceptors (Lipinski definition) is 4. The maximum atomic E-state index is 13.1. The van der Waals surface area contributed by atoms with Crippen LogP contribution in [-0.4, -0.2) is 36.3 Å². The largest absolute Gasteiger partial charge is 0.462 e. The second-order valence-electron chi connectivity index (χ2n) is 5.88. The Kier molecular flexibility index (Phi) is 5.06. The van der Waals surface area contributed by atoms with Crippen molar-refractivity contribution in [1.29, 1.82) is 0 Å². The zero-order chi connectivity index (χ0) is 16.9. The van der Waals surface area contributed by atoms with Crippen molar-refractivity contribution in [1.82, 2.24) is 4.90 Å². The lowest BCUT2D eigenvalue weighted by molar-refractivity contribution is 0.0523. The van der Waals surface area contributed by atoms with Crippen LogP contribution in [0.25, 0.3) is 0 Å². The van der Waals surface area contributed by atoms with Crippen LogP contribution in [0.4, 0.5) is 0 Å². The Bertz CT molecular complexity index is 750. The molecule has 0 unspecified atom stereocenters. The van der Waals surface area contributed by atoms with Crippen LogP contribution < -0.4 is 0 Å². The van der Waals surface area contributed by atoms with Gasteiger partial charge in [0.25, 0.3) is 0 Å². The molecule has 0 bridgehead atoms. The number of likely N-dealkylation sites (tertiary alicyclic amines) is 1. The zero-order valence-corrected chi connectivity index (χ0v) is 13.8. The quantitative estimate of drug-likeness (QED) is 0.604. The third-order valence-corrected chi connectivity index (χ3v) is 4.27. The van der Waals surface area contributed by atoms with Gasteiger partial charge in [-0.3, -0.25) is 9.69 Å². The maximum absolute atomic E-state index is 13.1. The van der Waals surface area contributed by atoms with E-state index < -0.39 is 5.97 Å². The van der Waals surface area contributed by atoms with E-state index in [0.717, 1.165) is 25.2 Å². The maximum Gasteiger partial charge on any atom is 0.338 e. The molecule has 0 N–H and O–H groups in total. The van der Waals surface area contributed by atoms with Gasteiger partial charge in [-0.25, -0.2) is 4.79 Å². The van der Waals surface area contributed by atoms with Gasteiger partial charge in [-0.1, -0.05) is 42.5 Å². The van der Waals surface area contributed by atoms with Crippen LogP contribution in [0.5, 0.6) is 0 Å². The van der Waals surface area contributed by atoms with Crippen LogP contribution in [0.15, 0.2) is 48.5 Å². The Morgan fingerprint density at radius 3 is 2.21 bits per heavy atom. The number of benzene rings is 2. The minimum Gasteiger partial charge on any atom is -0.462 e. The van der Waals surface area contributed by atoms with Crippen molar-refractivity contribution in [3.8, 4) is 0 Å². The normalized spacial score (nSPS) is 14.0. The number of ketones is 1. The van der Waals surface area contributed by atoms with E-state index in [4.69, 9.17) is 4.74 Å². The molecule has 1 aliphatic heterocycles. The summed E-state index contributed by atoms with van der Waals surface area (Å²) in [6.45, 7) is 4.95. The summed E-state index contributed by atoms with van der Waals surface area (Å²) in [7, 11) is 0. The third kappa shape index (κ3) is 3.39. The van der Waals surface area contributed by atoms with Gasteiger partial charge < -0.3 is 4.74 Å². The van der Waals surface area contributed by atoms with Crippen LogP contribution in [-0.2, 0) is 11.3 Å². The summed E-state index contributed by atoms with van der Waals surface area (Å²) in [5, 5.41) is 0. The van der Waals surface area contributed by atoms with Gasteiger partial charge in [0.1, 0.15) is 0 Å². The van der Waals surface area contributed by atoms with Crippen LogP contribution in [0, 0.1) is 0 Å². The van der Waals surface area contributed by atoms with Gasteiger partial charge in [0, 0.05) is 17.7 Å². The van der Waals surface area contributed by atoms with Crippen LogP contribution in [0.1, 0.15) is 45.2 Å². The lowest BCUT2D eigenvalue weighted by atomic mass is 9.94. The summed E-state index contributed by atoms with van der Waals surface area (Å²) in [6.07, 6.45) is 1.21. The Hall–Kier alpha value is -2.46. The fourth-order valence-corrected chi connectivity index (χ4v) is 2.87. The average molecular weight is 323 g/mol. The first-order chi connectivity index (χ1) is 11.7. The molecule has 0 amide bonds. The summed E-state index contributed by atoms with van der Waals surface area (Å²) in [6, 6.07) is 14.5. The Balaban J connectivity index is 1.94. The molecule has 0 aromatic heterocycles. The van der Waals surface area contributed by atoms with E-state index in [9.17, 15) is 9.59 Å². The van der Waals surface area contributed by atoms with E-state index in [2.05, 4.69) is 4.90 Å². The Morgan fingerprint density at radius 1 is 0.958 bits per heavy atom. The molecule has 0 atom stereocenters. The lowest BCUT2D eigenvalue weighted by Crippen LogP contribution is -2.36. The summed E-state index contributed by atoms with van der Waals surface area (Å²) in [5.74, 6) is -0.587. The fraction of sp³-hybridized carbons (Fsp3) is 0.300. The van der Waals surface area contributed by atoms with E-state index >= 15 is 0 Å². The van der Waals surface area contributed by atoms with Crippen molar-refractivity contribution in [2.24, 2.45) is 0 Å². The highest BCUT2D eigenvalue weighted by Gasteiger charge is 2.22. The predicted molar refractivity (Wildman–Crippen MR) is 92.2 cm³/mol. The lowest BCUT2D eigenvalue weighted by Gasteiger charge is -2.31. The van der Waals surface area contributed by atoms with Gasteiger partial charge in [-0.15, -0.1) is 0 Å². The van der Waals surface area contributed by atoms with Crippen molar-refractivity contribution in [3.63, 3.8) is 0 Å². The second-order valence-corrected chi connectivity index (χ2v) is 5.88. The summed E-state index contributed by atoms with van der Waals surface area (Å²) in [4.78, 5) is 27.5. The number of nitrogens with zero attached hydrogens (tertiary/aromatic N) is 1. The number of hydrogen-bond donors (Lipinski definition) is 0. The molecule has 0 radical (unpaired) electrons. The molecule has 24 heavy (non-hydrogen) atoms. The first-order valence-corrected chi connectivity index (χ1v) is 8.32. The third-order valence-electron chi connectivity index (χ3n) is 4.27. The topological polar surface area (TPSA) is 46.6 Å². The number of carbonyl (C=O) groups excluding carboxylic acids is 2. The van der Waals surface area contributed by atoms with Crippen molar-refractivity contribution in [3.05, 3.63) is 70.8 Å². The van der Waals surface area contributed by atoms with Gasteiger partial charge in [0.15, 0.2) is 5.78 Å². The fourth-order valence-electron chi connectivity index (χ4n) is 2.87. The molecule has 2 aromatic rings. The molecule has 1 saturated heterocycles. The number of carbonyl (C=O) groups is 2. The van der Waals surface area contributed by atoms with Crippen molar-refractivity contribution in [2.75, 3.05) is 19.7 Å². The molecule has 3 rings (SSSR count). The highest BCUT2D eigenvalue weighted by atomic mass is 16.5. The number of ether oxygens (including phenoxy) is 1. The van der Waals surface area contributed by atoms with Gasteiger partial charge >= 0.3 is 5.97 Å². The van der Waals surface area contributed by atoms with E-state index in [0.29, 0.717) is 16.7 Å². The summed E-state index contributed by atoms with van der Waals surface area (Å²) in [5.41, 5.74) is 2.37. The Morgan fingerprint density at radius 2 is 1.58 bits per heavy atom. The molecule has 1 heterocycles. The number of esters is 1. The second kappa shape index (κ2) is 7.41. The molecule has 2 aromatic carbocycles. The molecule has 4 heteroatoms. The first kappa shape index (κ1) is 16.4. The SMILES string of the molecule is CCOC(=O)c1ccccc1C(=O)c1ccccc1CN1CCC1. The van der Waals surface area contributed by atoms with E-state index in [1.807, 2.05) is 24.3 Å². The van der Waals surface area contributed by atoms with E-state index in [1.165, 1.54) is 6.42 Å². The van der Waals surface area contributed by atoms with Crippen LogP contribution >= 0.6 is 0 Å². The van der Waals surface area contributed by atoms with E-state index in [-0.39, 0.29) is 12.4 Å². The minimum atomic E-state index is -0.457. The van der Waals surface area contributed by atoms with E-state index in [1.54, 1.807) is 31.2 Å². The van der Waals surface area contributed by atoms with Gasteiger partial charge in [-0.05, 0) is 38.1 Å². The zero-order valence-electron chi connectivity index (χ0n) is 13.8. The smallest absolute Gasteiger partial charge is 0.338 e. The first-order valence-electron chi connectivity index (χ1n) is 8.32.